The molecule has 0 aliphatic carbocycles. The molecule has 0 radical (unpaired) electrons. The van der Waals surface area contributed by atoms with Crippen molar-refractivity contribution < 1.29 is 34.1 Å². The van der Waals surface area contributed by atoms with Gasteiger partial charge in [0.2, 0.25) is 5.91 Å². The molecule has 5 rings (SSSR count). The van der Waals surface area contributed by atoms with E-state index in [2.05, 4.69) is 31.5 Å². The van der Waals surface area contributed by atoms with Gasteiger partial charge in [-0.2, -0.15) is 4.68 Å². The van der Waals surface area contributed by atoms with E-state index < -0.39 is 41.4 Å². The average molecular weight is 691 g/mol. The Labute approximate surface area is 286 Å². The second-order valence-corrected chi connectivity index (χ2v) is 12.4. The molecule has 4 aromatic rings. The summed E-state index contributed by atoms with van der Waals surface area (Å²) in [5.41, 5.74) is 2.29. The summed E-state index contributed by atoms with van der Waals surface area (Å²) in [5, 5.41) is 38.8. The molecule has 15 nitrogen and oxygen atoms in total. The van der Waals surface area contributed by atoms with E-state index in [1.54, 1.807) is 53.4 Å². The van der Waals surface area contributed by atoms with Crippen LogP contribution in [0.25, 0.3) is 5.69 Å². The fourth-order valence-electron chi connectivity index (χ4n) is 5.24. The number of benzene rings is 3. The van der Waals surface area contributed by atoms with Crippen molar-refractivity contribution in [1.29, 1.82) is 0 Å². The van der Waals surface area contributed by atoms with Gasteiger partial charge in [0, 0.05) is 35.6 Å². The van der Waals surface area contributed by atoms with Gasteiger partial charge in [-0.05, 0) is 64.0 Å². The van der Waals surface area contributed by atoms with Crippen LogP contribution >= 0.6 is 11.6 Å². The quantitative estimate of drug-likeness (QED) is 0.144. The summed E-state index contributed by atoms with van der Waals surface area (Å²) in [5.74, 6) is -3.71. The zero-order valence-electron chi connectivity index (χ0n) is 26.7. The van der Waals surface area contributed by atoms with Gasteiger partial charge in [0.1, 0.15) is 12.4 Å². The molecule has 256 valence electrons. The molecule has 1 aliphatic rings. The lowest BCUT2D eigenvalue weighted by Crippen LogP contribution is -2.52. The molecule has 3 aromatic carbocycles. The van der Waals surface area contributed by atoms with Crippen molar-refractivity contribution in [3.05, 3.63) is 94.8 Å². The van der Waals surface area contributed by atoms with Crippen LogP contribution in [0.2, 0.25) is 5.02 Å². The van der Waals surface area contributed by atoms with Gasteiger partial charge < -0.3 is 35.8 Å². The molecule has 49 heavy (non-hydrogen) atoms. The van der Waals surface area contributed by atoms with Gasteiger partial charge in [0.15, 0.2) is 6.23 Å². The number of rotatable bonds is 11. The van der Waals surface area contributed by atoms with Crippen molar-refractivity contribution in [2.45, 2.75) is 38.0 Å². The predicted octanol–water partition coefficient (Wildman–Crippen LogP) is 1.93. The Balaban J connectivity index is 1.32. The summed E-state index contributed by atoms with van der Waals surface area (Å²) in [4.78, 5) is 53.2. The first-order valence-electron chi connectivity index (χ1n) is 15.3. The highest BCUT2D eigenvalue weighted by Crippen LogP contribution is 2.25. The van der Waals surface area contributed by atoms with E-state index in [4.69, 9.17) is 16.3 Å². The third kappa shape index (κ3) is 8.76. The van der Waals surface area contributed by atoms with Crippen LogP contribution in [-0.4, -0.2) is 92.7 Å². The lowest BCUT2D eigenvalue weighted by atomic mass is 9.84. The molecule has 1 fully saturated rings. The molecule has 16 heteroatoms. The predicted molar refractivity (Wildman–Crippen MR) is 178 cm³/mol. The van der Waals surface area contributed by atoms with Crippen LogP contribution in [-0.2, 0) is 31.0 Å². The number of carboxylic acids is 1. The van der Waals surface area contributed by atoms with Crippen LogP contribution in [0.1, 0.15) is 35.3 Å². The van der Waals surface area contributed by atoms with Crippen molar-refractivity contribution in [2.24, 2.45) is 0 Å². The Hall–Kier alpha value is -5.38. The van der Waals surface area contributed by atoms with Crippen molar-refractivity contribution in [3.8, 4) is 5.69 Å². The summed E-state index contributed by atoms with van der Waals surface area (Å²) in [6, 6.07) is 16.9. The lowest BCUT2D eigenvalue weighted by molar-refractivity contribution is -0.138. The number of aliphatic hydroxyl groups excluding tert-OH is 1. The number of ether oxygens (including phenoxy) is 1. The summed E-state index contributed by atoms with van der Waals surface area (Å²) in [7, 11) is 0. The molecule has 0 unspecified atom stereocenters. The highest BCUT2D eigenvalue weighted by molar-refractivity contribution is 6.40. The smallest absolute Gasteiger partial charge is 0.335 e. The fraction of sp³-hybridized carbons (Fsp3) is 0.303. The van der Waals surface area contributed by atoms with Crippen molar-refractivity contribution in [2.75, 3.05) is 36.5 Å². The van der Waals surface area contributed by atoms with Gasteiger partial charge in [-0.25, -0.2) is 4.79 Å². The number of nitrogens with zero attached hydrogens (tertiary/aromatic N) is 5. The van der Waals surface area contributed by atoms with E-state index in [0.717, 1.165) is 11.3 Å². The Kier molecular flexibility index (Phi) is 10.9. The van der Waals surface area contributed by atoms with Gasteiger partial charge in [-0.3, -0.25) is 14.4 Å². The zero-order valence-corrected chi connectivity index (χ0v) is 27.4. The fourth-order valence-corrected chi connectivity index (χ4v) is 5.41. The molecule has 2 atom stereocenters. The minimum Gasteiger partial charge on any atom is -0.478 e. The van der Waals surface area contributed by atoms with E-state index >= 15 is 0 Å². The van der Waals surface area contributed by atoms with Gasteiger partial charge in [0.25, 0.3) is 0 Å². The number of hydrogen-bond donors (Lipinski definition) is 5. The largest absolute Gasteiger partial charge is 0.478 e. The lowest BCUT2D eigenvalue weighted by Gasteiger charge is -2.34. The molecular weight excluding hydrogens is 656 g/mol. The van der Waals surface area contributed by atoms with Crippen molar-refractivity contribution >= 4 is 46.7 Å². The highest BCUT2D eigenvalue weighted by atomic mass is 35.5. The van der Waals surface area contributed by atoms with Gasteiger partial charge in [-0.15, -0.1) is 5.10 Å². The average Bonchev–Trinajstić information content (AvgIpc) is 3.62. The number of hydrogen-bond acceptors (Lipinski definition) is 10. The number of carboxylic acid groups (broad SMARTS) is 1. The first kappa shape index (κ1) is 34.9. The maximum atomic E-state index is 13.7. The number of aliphatic hydroxyl groups is 1. The number of morpholine rings is 1. The van der Waals surface area contributed by atoms with Crippen LogP contribution in [0.5, 0.6) is 0 Å². The molecule has 1 saturated heterocycles. The highest BCUT2D eigenvalue weighted by Gasteiger charge is 2.29. The topological polar surface area (TPSA) is 201 Å². The molecule has 1 aliphatic heterocycles. The summed E-state index contributed by atoms with van der Waals surface area (Å²) in [6.07, 6.45) is 0.560. The number of tetrazole rings is 1. The van der Waals surface area contributed by atoms with E-state index in [-0.39, 0.29) is 35.8 Å². The number of nitrogens with one attached hydrogen (secondary N) is 3. The van der Waals surface area contributed by atoms with Crippen LogP contribution in [0.4, 0.5) is 11.4 Å². The van der Waals surface area contributed by atoms with Crippen LogP contribution in [0.3, 0.4) is 0 Å². The minimum atomic E-state index is -1.17. The van der Waals surface area contributed by atoms with Crippen molar-refractivity contribution in [3.63, 3.8) is 0 Å². The summed E-state index contributed by atoms with van der Waals surface area (Å²) in [6.45, 7) is 5.08. The molecule has 1 aromatic heterocycles. The van der Waals surface area contributed by atoms with Crippen molar-refractivity contribution in [1.82, 2.24) is 30.8 Å². The Bertz CT molecular complexity index is 1800. The maximum Gasteiger partial charge on any atom is 0.335 e. The van der Waals surface area contributed by atoms with E-state index in [0.29, 0.717) is 24.4 Å². The molecule has 0 spiro atoms. The van der Waals surface area contributed by atoms with Gasteiger partial charge in [-0.1, -0.05) is 49.7 Å². The van der Waals surface area contributed by atoms with Crippen LogP contribution in [0, 0.1) is 0 Å². The number of carbonyl (C=O) groups excluding carboxylic acids is 3. The summed E-state index contributed by atoms with van der Waals surface area (Å²) >= 11 is 6.15. The van der Waals surface area contributed by atoms with Crippen LogP contribution in [0.15, 0.2) is 73.1 Å². The van der Waals surface area contributed by atoms with E-state index in [1.807, 2.05) is 13.8 Å². The number of carbonyl (C=O) groups is 4. The number of anilines is 2. The Morgan fingerprint density at radius 1 is 1.04 bits per heavy atom. The summed E-state index contributed by atoms with van der Waals surface area (Å²) < 4.78 is 6.59. The maximum absolute atomic E-state index is 13.7. The van der Waals surface area contributed by atoms with E-state index in [9.17, 15) is 29.4 Å². The molecule has 0 bridgehead atoms. The number of halogens is 1. The van der Waals surface area contributed by atoms with Crippen LogP contribution < -0.4 is 20.9 Å². The van der Waals surface area contributed by atoms with Gasteiger partial charge >= 0.3 is 17.8 Å². The number of aromatic carboxylic acids is 1. The monoisotopic (exact) mass is 690 g/mol. The molecule has 0 saturated carbocycles. The first-order valence-corrected chi connectivity index (χ1v) is 15.7. The second-order valence-electron chi connectivity index (χ2n) is 12.0. The molecule has 5 N–H and O–H groups in total. The van der Waals surface area contributed by atoms with Gasteiger partial charge in [0.05, 0.1) is 30.2 Å². The third-order valence-electron chi connectivity index (χ3n) is 8.06. The molecule has 3 amide bonds. The Morgan fingerprint density at radius 3 is 2.43 bits per heavy atom. The number of aromatic nitrogens is 4. The second kappa shape index (κ2) is 15.2. The molecular formula is C33H35ClN8O7. The zero-order chi connectivity index (χ0) is 35.1. The standard InChI is InChI=1S/C33H35ClN8O7/c1-33(2,22-7-5-21(6-8-22)32(47)48)18-35-29(44)26(15-20-3-10-24(11-4-20)41-13-14-49-17-28(41)43)38-31(46)30(45)37-25-16-23(34)9-12-27(25)42-19-36-39-40-42/h3-12,16,19,26,28,43H,13-15,17-18H2,1-2H3,(H,35,44)(H,37,45)(H,38,46)(H,47,48)/t26-,28-/m0/s1. The van der Waals surface area contributed by atoms with E-state index in [1.165, 1.54) is 29.2 Å². The third-order valence-corrected chi connectivity index (χ3v) is 8.29. The Morgan fingerprint density at radius 2 is 1.78 bits per heavy atom. The normalized spacial score (nSPS) is 15.3. The SMILES string of the molecule is CC(C)(CNC(=O)[C@H](Cc1ccc(N2CCOC[C@@H]2O)cc1)NC(=O)C(=O)Nc1cc(Cl)ccc1-n1cnnn1)c1ccc(C(=O)O)cc1. The first-order chi connectivity index (χ1) is 23.4. The molecule has 2 heterocycles. The minimum absolute atomic E-state index is 0.0393. The number of amides is 3.